The van der Waals surface area contributed by atoms with Crippen LogP contribution in [0, 0.1) is 20.8 Å². The van der Waals surface area contributed by atoms with Gasteiger partial charge in [-0.1, -0.05) is 48.9 Å². The molecule has 0 saturated heterocycles. The lowest BCUT2D eigenvalue weighted by atomic mass is 10.1. The summed E-state index contributed by atoms with van der Waals surface area (Å²) in [7, 11) is 0. The van der Waals surface area contributed by atoms with Gasteiger partial charge in [0.15, 0.2) is 6.10 Å². The molecule has 0 spiro atoms. The van der Waals surface area contributed by atoms with Gasteiger partial charge in [-0.05, 0) is 49.9 Å². The maximum atomic E-state index is 12.4. The monoisotopic (exact) mass is 311 g/mol. The molecular formula is C20H25NO2. The van der Waals surface area contributed by atoms with E-state index in [2.05, 4.69) is 11.4 Å². The van der Waals surface area contributed by atoms with Crippen LogP contribution in [0.1, 0.15) is 35.6 Å². The molecule has 3 heteroatoms. The Hall–Kier alpha value is -2.29. The van der Waals surface area contributed by atoms with Gasteiger partial charge in [0.25, 0.3) is 5.91 Å². The third kappa shape index (κ3) is 4.59. The van der Waals surface area contributed by atoms with Crippen LogP contribution in [0.15, 0.2) is 42.5 Å². The fourth-order valence-corrected chi connectivity index (χ4v) is 2.45. The zero-order chi connectivity index (χ0) is 16.8. The lowest BCUT2D eigenvalue weighted by molar-refractivity contribution is -0.128. The molecule has 0 aliphatic heterocycles. The summed E-state index contributed by atoms with van der Waals surface area (Å²) in [5, 5.41) is 2.97. The number of ether oxygens (including phenoxy) is 1. The number of hydrogen-bond donors (Lipinski definition) is 1. The first kappa shape index (κ1) is 17.1. The van der Waals surface area contributed by atoms with Crippen LogP contribution in [-0.2, 0) is 11.3 Å². The summed E-state index contributed by atoms with van der Waals surface area (Å²) in [6.07, 6.45) is 0.160. The van der Waals surface area contributed by atoms with Gasteiger partial charge in [-0.3, -0.25) is 4.79 Å². The molecule has 0 aromatic heterocycles. The van der Waals surface area contributed by atoms with E-state index in [4.69, 9.17) is 4.74 Å². The first-order chi connectivity index (χ1) is 11.0. The largest absolute Gasteiger partial charge is 0.480 e. The lowest BCUT2D eigenvalue weighted by Gasteiger charge is -2.19. The molecule has 1 N–H and O–H groups in total. The molecule has 1 unspecified atom stereocenters. The molecule has 0 aliphatic carbocycles. The molecular weight excluding hydrogens is 286 g/mol. The van der Waals surface area contributed by atoms with Crippen LogP contribution in [0.5, 0.6) is 5.75 Å². The molecule has 0 heterocycles. The van der Waals surface area contributed by atoms with E-state index < -0.39 is 6.10 Å². The Balaban J connectivity index is 1.99. The number of aryl methyl sites for hydroxylation is 2. The van der Waals surface area contributed by atoms with Crippen LogP contribution in [0.25, 0.3) is 0 Å². The summed E-state index contributed by atoms with van der Waals surface area (Å²) in [6, 6.07) is 14.0. The van der Waals surface area contributed by atoms with Gasteiger partial charge in [0.05, 0.1) is 0 Å². The molecule has 3 nitrogen and oxygen atoms in total. The average molecular weight is 311 g/mol. The molecule has 2 aromatic carbocycles. The minimum absolute atomic E-state index is 0.0742. The van der Waals surface area contributed by atoms with Crippen LogP contribution < -0.4 is 10.1 Å². The maximum absolute atomic E-state index is 12.4. The standard InChI is InChI=1S/C20H25NO2/c1-5-18(23-19-11-7-9-15(3)16(19)4)20(22)21-13-17-10-6-8-14(2)12-17/h6-12,18H,5,13H2,1-4H3,(H,21,22). The van der Waals surface area contributed by atoms with E-state index in [0.29, 0.717) is 13.0 Å². The Morgan fingerprint density at radius 1 is 1.13 bits per heavy atom. The van der Waals surface area contributed by atoms with Crippen molar-refractivity contribution in [3.8, 4) is 5.75 Å². The lowest BCUT2D eigenvalue weighted by Crippen LogP contribution is -2.37. The third-order valence-electron chi connectivity index (χ3n) is 4.04. The van der Waals surface area contributed by atoms with E-state index in [1.54, 1.807) is 0 Å². The minimum Gasteiger partial charge on any atom is -0.480 e. The van der Waals surface area contributed by atoms with Crippen LogP contribution in [-0.4, -0.2) is 12.0 Å². The zero-order valence-corrected chi connectivity index (χ0v) is 14.3. The Kier molecular flexibility index (Phi) is 5.80. The van der Waals surface area contributed by atoms with E-state index in [0.717, 1.165) is 22.4 Å². The minimum atomic E-state index is -0.472. The number of rotatable bonds is 6. The Labute approximate surface area is 138 Å². The van der Waals surface area contributed by atoms with Crippen molar-refractivity contribution >= 4 is 5.91 Å². The summed E-state index contributed by atoms with van der Waals surface area (Å²) >= 11 is 0. The van der Waals surface area contributed by atoms with E-state index in [9.17, 15) is 4.79 Å². The van der Waals surface area contributed by atoms with Crippen molar-refractivity contribution < 1.29 is 9.53 Å². The summed E-state index contributed by atoms with van der Waals surface area (Å²) < 4.78 is 5.94. The van der Waals surface area contributed by atoms with Gasteiger partial charge < -0.3 is 10.1 Å². The Morgan fingerprint density at radius 2 is 1.87 bits per heavy atom. The molecule has 0 saturated carbocycles. The van der Waals surface area contributed by atoms with Gasteiger partial charge >= 0.3 is 0 Å². The molecule has 0 aliphatic rings. The second-order valence-electron chi connectivity index (χ2n) is 5.92. The molecule has 122 valence electrons. The second kappa shape index (κ2) is 7.82. The number of hydrogen-bond acceptors (Lipinski definition) is 2. The second-order valence-corrected chi connectivity index (χ2v) is 5.92. The van der Waals surface area contributed by atoms with Gasteiger partial charge in [-0.15, -0.1) is 0 Å². The fraction of sp³-hybridized carbons (Fsp3) is 0.350. The number of benzene rings is 2. The molecule has 1 atom stereocenters. The van der Waals surface area contributed by atoms with E-state index in [1.165, 1.54) is 5.56 Å². The fourth-order valence-electron chi connectivity index (χ4n) is 2.45. The SMILES string of the molecule is CCC(Oc1cccc(C)c1C)C(=O)NCc1cccc(C)c1. The highest BCUT2D eigenvalue weighted by molar-refractivity contribution is 5.81. The average Bonchev–Trinajstić information content (AvgIpc) is 2.54. The van der Waals surface area contributed by atoms with Crippen LogP contribution in [0.4, 0.5) is 0 Å². The highest BCUT2D eigenvalue weighted by atomic mass is 16.5. The van der Waals surface area contributed by atoms with Crippen LogP contribution in [0.3, 0.4) is 0 Å². The molecule has 2 rings (SSSR count). The molecule has 0 fully saturated rings. The molecule has 1 amide bonds. The molecule has 0 bridgehead atoms. The molecule has 23 heavy (non-hydrogen) atoms. The number of nitrogens with one attached hydrogen (secondary N) is 1. The van der Waals surface area contributed by atoms with Crippen molar-refractivity contribution in [3.63, 3.8) is 0 Å². The van der Waals surface area contributed by atoms with E-state index in [1.807, 2.05) is 64.1 Å². The number of amides is 1. The summed E-state index contributed by atoms with van der Waals surface area (Å²) in [5.41, 5.74) is 4.53. The van der Waals surface area contributed by atoms with E-state index in [-0.39, 0.29) is 5.91 Å². The Bertz CT molecular complexity index is 679. The Morgan fingerprint density at radius 3 is 2.57 bits per heavy atom. The van der Waals surface area contributed by atoms with Gasteiger partial charge in [0, 0.05) is 6.54 Å². The van der Waals surface area contributed by atoms with Crippen molar-refractivity contribution in [2.75, 3.05) is 0 Å². The first-order valence-corrected chi connectivity index (χ1v) is 8.07. The predicted octanol–water partition coefficient (Wildman–Crippen LogP) is 4.09. The zero-order valence-electron chi connectivity index (χ0n) is 14.3. The smallest absolute Gasteiger partial charge is 0.261 e. The normalized spacial score (nSPS) is 11.8. The molecule has 0 radical (unpaired) electrons. The van der Waals surface area contributed by atoms with Crippen molar-refractivity contribution in [1.29, 1.82) is 0 Å². The topological polar surface area (TPSA) is 38.3 Å². The van der Waals surface area contributed by atoms with E-state index >= 15 is 0 Å². The van der Waals surface area contributed by atoms with Crippen molar-refractivity contribution in [2.45, 2.75) is 46.8 Å². The predicted molar refractivity (Wildman–Crippen MR) is 93.6 cm³/mol. The summed E-state index contributed by atoms with van der Waals surface area (Å²) in [6.45, 7) is 8.59. The molecule has 2 aromatic rings. The van der Waals surface area contributed by atoms with Gasteiger partial charge in [-0.25, -0.2) is 0 Å². The highest BCUT2D eigenvalue weighted by Gasteiger charge is 2.19. The summed E-state index contributed by atoms with van der Waals surface area (Å²) in [5.74, 6) is 0.706. The maximum Gasteiger partial charge on any atom is 0.261 e. The van der Waals surface area contributed by atoms with Gasteiger partial charge in [0.2, 0.25) is 0 Å². The number of carbonyl (C=O) groups excluding carboxylic acids is 1. The first-order valence-electron chi connectivity index (χ1n) is 8.07. The van der Waals surface area contributed by atoms with Gasteiger partial charge in [0.1, 0.15) is 5.75 Å². The highest BCUT2D eigenvalue weighted by Crippen LogP contribution is 2.22. The van der Waals surface area contributed by atoms with Crippen molar-refractivity contribution in [1.82, 2.24) is 5.32 Å². The summed E-state index contributed by atoms with van der Waals surface area (Å²) in [4.78, 5) is 12.4. The number of carbonyl (C=O) groups is 1. The van der Waals surface area contributed by atoms with Crippen LogP contribution in [0.2, 0.25) is 0 Å². The van der Waals surface area contributed by atoms with Crippen LogP contribution >= 0.6 is 0 Å². The third-order valence-corrected chi connectivity index (χ3v) is 4.04. The van der Waals surface area contributed by atoms with Crippen molar-refractivity contribution in [3.05, 3.63) is 64.7 Å². The quantitative estimate of drug-likeness (QED) is 0.872. The van der Waals surface area contributed by atoms with Gasteiger partial charge in [-0.2, -0.15) is 0 Å². The van der Waals surface area contributed by atoms with Crippen molar-refractivity contribution in [2.24, 2.45) is 0 Å².